The maximum absolute atomic E-state index is 2.40. The van der Waals surface area contributed by atoms with E-state index in [4.69, 9.17) is 0 Å². The van der Waals surface area contributed by atoms with Crippen LogP contribution in [0, 0.1) is 0 Å². The number of rotatable bonds is 3. The summed E-state index contributed by atoms with van der Waals surface area (Å²) in [5.74, 6) is 0. The second-order valence-electron chi connectivity index (χ2n) is 4.86. The van der Waals surface area contributed by atoms with E-state index in [0.29, 0.717) is 0 Å². The van der Waals surface area contributed by atoms with Crippen LogP contribution in [0.3, 0.4) is 0 Å². The highest BCUT2D eigenvalue weighted by molar-refractivity contribution is 6.08. The standard InChI is InChI=1S/C17H19N/c1-3-7-13-10-11-17-15(12-13)14-8-5-6-9-16(14)18(17)4-2/h5-6,8-12H,3-4,7H2,1-2H3. The molecule has 0 aliphatic heterocycles. The molecule has 0 aliphatic carbocycles. The van der Waals surface area contributed by atoms with Crippen molar-refractivity contribution in [3.05, 3.63) is 48.0 Å². The quantitative estimate of drug-likeness (QED) is 0.618. The summed E-state index contributed by atoms with van der Waals surface area (Å²) in [7, 11) is 0. The zero-order valence-electron chi connectivity index (χ0n) is 11.1. The smallest absolute Gasteiger partial charge is 0.0491 e. The van der Waals surface area contributed by atoms with Gasteiger partial charge in [0.2, 0.25) is 0 Å². The van der Waals surface area contributed by atoms with E-state index < -0.39 is 0 Å². The summed E-state index contributed by atoms with van der Waals surface area (Å²) in [6.07, 6.45) is 2.37. The van der Waals surface area contributed by atoms with Gasteiger partial charge in [-0.1, -0.05) is 37.6 Å². The molecule has 1 aromatic heterocycles. The molecule has 92 valence electrons. The first kappa shape index (κ1) is 11.3. The van der Waals surface area contributed by atoms with Crippen molar-refractivity contribution in [2.45, 2.75) is 33.2 Å². The number of para-hydroxylation sites is 1. The summed E-state index contributed by atoms with van der Waals surface area (Å²) in [6.45, 7) is 5.47. The Hall–Kier alpha value is -1.76. The summed E-state index contributed by atoms with van der Waals surface area (Å²) in [5.41, 5.74) is 4.16. The Morgan fingerprint density at radius 3 is 2.44 bits per heavy atom. The van der Waals surface area contributed by atoms with E-state index in [0.717, 1.165) is 6.54 Å². The number of hydrogen-bond donors (Lipinski definition) is 0. The highest BCUT2D eigenvalue weighted by Crippen LogP contribution is 2.29. The molecule has 0 fully saturated rings. The summed E-state index contributed by atoms with van der Waals surface area (Å²) in [4.78, 5) is 0. The van der Waals surface area contributed by atoms with Gasteiger partial charge in [-0.3, -0.25) is 0 Å². The van der Waals surface area contributed by atoms with Crippen LogP contribution in [0.15, 0.2) is 42.5 Å². The van der Waals surface area contributed by atoms with Crippen LogP contribution in [0.5, 0.6) is 0 Å². The maximum atomic E-state index is 2.40. The lowest BCUT2D eigenvalue weighted by Crippen LogP contribution is -1.92. The van der Waals surface area contributed by atoms with E-state index in [2.05, 4.69) is 60.9 Å². The molecular weight excluding hydrogens is 218 g/mol. The van der Waals surface area contributed by atoms with Crippen LogP contribution >= 0.6 is 0 Å². The fraction of sp³-hybridized carbons (Fsp3) is 0.294. The van der Waals surface area contributed by atoms with Crippen molar-refractivity contribution >= 4 is 21.8 Å². The predicted molar refractivity (Wildman–Crippen MR) is 79.1 cm³/mol. The summed E-state index contributed by atoms with van der Waals surface area (Å²) in [5, 5.41) is 2.78. The Balaban J connectivity index is 2.37. The van der Waals surface area contributed by atoms with E-state index in [-0.39, 0.29) is 0 Å². The SMILES string of the molecule is CCCc1ccc2c(c1)c1ccccc1n2CC. The van der Waals surface area contributed by atoms with E-state index in [1.165, 1.54) is 40.2 Å². The van der Waals surface area contributed by atoms with Crippen LogP contribution in [0.1, 0.15) is 25.8 Å². The molecule has 3 aromatic rings. The van der Waals surface area contributed by atoms with Crippen LogP contribution in [0.2, 0.25) is 0 Å². The van der Waals surface area contributed by atoms with Crippen LogP contribution in [-0.4, -0.2) is 4.57 Å². The zero-order valence-corrected chi connectivity index (χ0v) is 11.1. The van der Waals surface area contributed by atoms with Crippen LogP contribution in [0.4, 0.5) is 0 Å². The highest BCUT2D eigenvalue weighted by Gasteiger charge is 2.08. The third-order valence-corrected chi connectivity index (χ3v) is 3.69. The fourth-order valence-corrected chi connectivity index (χ4v) is 2.89. The average molecular weight is 237 g/mol. The van der Waals surface area contributed by atoms with Crippen LogP contribution in [-0.2, 0) is 13.0 Å². The Bertz CT molecular complexity index is 691. The van der Waals surface area contributed by atoms with Gasteiger partial charge in [0.05, 0.1) is 0 Å². The molecule has 0 unspecified atom stereocenters. The van der Waals surface area contributed by atoms with Gasteiger partial charge in [-0.05, 0) is 37.1 Å². The molecule has 2 aromatic carbocycles. The van der Waals surface area contributed by atoms with Crippen molar-refractivity contribution in [1.82, 2.24) is 4.57 Å². The van der Waals surface area contributed by atoms with Gasteiger partial charge in [0.1, 0.15) is 0 Å². The highest BCUT2D eigenvalue weighted by atomic mass is 15.0. The Morgan fingerprint density at radius 2 is 1.67 bits per heavy atom. The third kappa shape index (κ3) is 1.62. The molecule has 0 N–H and O–H groups in total. The molecule has 0 amide bonds. The van der Waals surface area contributed by atoms with E-state index >= 15 is 0 Å². The van der Waals surface area contributed by atoms with Gasteiger partial charge in [0.15, 0.2) is 0 Å². The van der Waals surface area contributed by atoms with Gasteiger partial charge >= 0.3 is 0 Å². The molecule has 0 aliphatic rings. The second-order valence-corrected chi connectivity index (χ2v) is 4.86. The minimum atomic E-state index is 1.02. The molecule has 1 heteroatoms. The van der Waals surface area contributed by atoms with Gasteiger partial charge in [0.25, 0.3) is 0 Å². The number of nitrogens with zero attached hydrogens (tertiary/aromatic N) is 1. The summed E-state index contributed by atoms with van der Waals surface area (Å²) in [6, 6.07) is 15.6. The van der Waals surface area contributed by atoms with Gasteiger partial charge in [0, 0.05) is 28.4 Å². The number of benzene rings is 2. The molecule has 0 saturated heterocycles. The molecule has 0 bridgehead atoms. The third-order valence-electron chi connectivity index (χ3n) is 3.69. The lowest BCUT2D eigenvalue weighted by atomic mass is 10.1. The average Bonchev–Trinajstić information content (AvgIpc) is 2.72. The van der Waals surface area contributed by atoms with Crippen molar-refractivity contribution in [3.8, 4) is 0 Å². The number of aryl methyl sites for hydroxylation is 2. The molecule has 0 atom stereocenters. The van der Waals surface area contributed by atoms with Crippen molar-refractivity contribution in [3.63, 3.8) is 0 Å². The first-order valence-electron chi connectivity index (χ1n) is 6.85. The molecule has 18 heavy (non-hydrogen) atoms. The van der Waals surface area contributed by atoms with Gasteiger partial charge in [-0.25, -0.2) is 0 Å². The number of aromatic nitrogens is 1. The lowest BCUT2D eigenvalue weighted by molar-refractivity contribution is 0.826. The first-order chi connectivity index (χ1) is 8.85. The molecule has 1 heterocycles. The largest absolute Gasteiger partial charge is 0.341 e. The number of hydrogen-bond acceptors (Lipinski definition) is 0. The van der Waals surface area contributed by atoms with Crippen molar-refractivity contribution in [2.75, 3.05) is 0 Å². The molecule has 0 radical (unpaired) electrons. The predicted octanol–water partition coefficient (Wildman–Crippen LogP) is 4.77. The van der Waals surface area contributed by atoms with Crippen molar-refractivity contribution in [1.29, 1.82) is 0 Å². The lowest BCUT2D eigenvalue weighted by Gasteiger charge is -2.03. The van der Waals surface area contributed by atoms with E-state index in [1.54, 1.807) is 0 Å². The molecule has 3 rings (SSSR count). The van der Waals surface area contributed by atoms with Gasteiger partial charge < -0.3 is 4.57 Å². The minimum absolute atomic E-state index is 1.02. The fourth-order valence-electron chi connectivity index (χ4n) is 2.89. The van der Waals surface area contributed by atoms with E-state index in [9.17, 15) is 0 Å². The molecule has 0 saturated carbocycles. The summed E-state index contributed by atoms with van der Waals surface area (Å²) >= 11 is 0. The maximum Gasteiger partial charge on any atom is 0.0491 e. The van der Waals surface area contributed by atoms with Crippen LogP contribution < -0.4 is 0 Å². The zero-order chi connectivity index (χ0) is 12.5. The first-order valence-corrected chi connectivity index (χ1v) is 6.85. The normalized spacial score (nSPS) is 11.4. The Labute approximate surface area is 108 Å². The molecule has 0 spiro atoms. The Morgan fingerprint density at radius 1 is 0.889 bits per heavy atom. The second kappa shape index (κ2) is 4.49. The van der Waals surface area contributed by atoms with Crippen LogP contribution in [0.25, 0.3) is 21.8 Å². The number of fused-ring (bicyclic) bond motifs is 3. The molecular formula is C17H19N. The van der Waals surface area contributed by atoms with E-state index in [1.807, 2.05) is 0 Å². The Kier molecular flexibility index (Phi) is 2.83. The van der Waals surface area contributed by atoms with Crippen molar-refractivity contribution in [2.24, 2.45) is 0 Å². The van der Waals surface area contributed by atoms with Gasteiger partial charge in [-0.2, -0.15) is 0 Å². The molecule has 1 nitrogen and oxygen atoms in total. The van der Waals surface area contributed by atoms with Crippen molar-refractivity contribution < 1.29 is 0 Å². The summed E-state index contributed by atoms with van der Waals surface area (Å²) < 4.78 is 2.40. The topological polar surface area (TPSA) is 4.93 Å². The minimum Gasteiger partial charge on any atom is -0.341 e. The van der Waals surface area contributed by atoms with Gasteiger partial charge in [-0.15, -0.1) is 0 Å². The monoisotopic (exact) mass is 237 g/mol.